The molecule has 0 aromatic heterocycles. The van der Waals surface area contributed by atoms with E-state index in [0.29, 0.717) is 11.8 Å². The number of hydrogen-bond donors (Lipinski definition) is 2. The smallest absolute Gasteiger partial charge is 0.303 e. The molecule has 12 heavy (non-hydrogen) atoms. The quantitative estimate of drug-likeness (QED) is 0.693. The van der Waals surface area contributed by atoms with Crippen molar-refractivity contribution in [3.8, 4) is 0 Å². The second-order valence-electron chi connectivity index (χ2n) is 3.60. The van der Waals surface area contributed by atoms with Gasteiger partial charge in [0.15, 0.2) is 0 Å². The fourth-order valence-electron chi connectivity index (χ4n) is 1.71. The molecule has 3 N–H and O–H groups in total. The zero-order valence-electron chi connectivity index (χ0n) is 7.25. The van der Waals surface area contributed by atoms with Gasteiger partial charge in [-0.1, -0.05) is 6.92 Å². The van der Waals surface area contributed by atoms with Gasteiger partial charge in [0.05, 0.1) is 6.42 Å². The minimum atomic E-state index is -0.727. The minimum Gasteiger partial charge on any atom is -0.481 e. The average Bonchev–Trinajstić information content (AvgIpc) is 2.32. The van der Waals surface area contributed by atoms with Gasteiger partial charge >= 0.3 is 5.97 Å². The van der Waals surface area contributed by atoms with Crippen molar-refractivity contribution in [2.75, 3.05) is 12.3 Å². The molecule has 1 rings (SSSR count). The molecule has 0 aromatic rings. The second kappa shape index (κ2) is 3.66. The molecule has 0 bridgehead atoms. The SMILES string of the molecule is CC1CC(CN)(CC(=O)O)CS1. The number of aliphatic carboxylic acids is 1. The van der Waals surface area contributed by atoms with Crippen LogP contribution < -0.4 is 5.73 Å². The van der Waals surface area contributed by atoms with Gasteiger partial charge in [-0.15, -0.1) is 0 Å². The molecular weight excluding hydrogens is 174 g/mol. The highest BCUT2D eigenvalue weighted by Gasteiger charge is 2.38. The number of rotatable bonds is 3. The molecule has 0 aromatic carbocycles. The number of nitrogens with two attached hydrogens (primary N) is 1. The van der Waals surface area contributed by atoms with Gasteiger partial charge < -0.3 is 10.8 Å². The van der Waals surface area contributed by atoms with Crippen molar-refractivity contribution in [3.63, 3.8) is 0 Å². The Hall–Kier alpha value is -0.220. The summed E-state index contributed by atoms with van der Waals surface area (Å²) in [7, 11) is 0. The van der Waals surface area contributed by atoms with Gasteiger partial charge in [-0.05, 0) is 13.0 Å². The van der Waals surface area contributed by atoms with Crippen molar-refractivity contribution in [1.29, 1.82) is 0 Å². The van der Waals surface area contributed by atoms with E-state index in [9.17, 15) is 4.79 Å². The Balaban J connectivity index is 2.58. The minimum absolute atomic E-state index is 0.129. The third kappa shape index (κ3) is 2.14. The lowest BCUT2D eigenvalue weighted by molar-refractivity contribution is -0.139. The van der Waals surface area contributed by atoms with Crippen molar-refractivity contribution >= 4 is 17.7 Å². The number of carboxylic acid groups (broad SMARTS) is 1. The number of carboxylic acids is 1. The highest BCUT2D eigenvalue weighted by atomic mass is 32.2. The second-order valence-corrected chi connectivity index (χ2v) is 5.03. The van der Waals surface area contributed by atoms with E-state index in [1.165, 1.54) is 0 Å². The summed E-state index contributed by atoms with van der Waals surface area (Å²) in [4.78, 5) is 10.6. The number of hydrogen-bond acceptors (Lipinski definition) is 3. The van der Waals surface area contributed by atoms with Crippen LogP contribution >= 0.6 is 11.8 Å². The van der Waals surface area contributed by atoms with Crippen LogP contribution in [-0.2, 0) is 4.79 Å². The standard InChI is InChI=1S/C8H15NO2S/c1-6-2-8(4-9,5-12-6)3-7(10)11/h6H,2-5,9H2,1H3,(H,10,11). The van der Waals surface area contributed by atoms with Crippen molar-refractivity contribution in [1.82, 2.24) is 0 Å². The number of thioether (sulfide) groups is 1. The van der Waals surface area contributed by atoms with Crippen molar-refractivity contribution in [3.05, 3.63) is 0 Å². The zero-order chi connectivity index (χ0) is 9.19. The molecule has 2 atom stereocenters. The molecule has 3 nitrogen and oxygen atoms in total. The summed E-state index contributed by atoms with van der Waals surface area (Å²) >= 11 is 1.83. The van der Waals surface area contributed by atoms with E-state index in [-0.39, 0.29) is 11.8 Å². The van der Waals surface area contributed by atoms with E-state index in [2.05, 4.69) is 6.92 Å². The van der Waals surface area contributed by atoms with Crippen LogP contribution in [-0.4, -0.2) is 28.6 Å². The van der Waals surface area contributed by atoms with Gasteiger partial charge in [0.2, 0.25) is 0 Å². The zero-order valence-corrected chi connectivity index (χ0v) is 8.06. The van der Waals surface area contributed by atoms with E-state index in [1.807, 2.05) is 11.8 Å². The van der Waals surface area contributed by atoms with Crippen LogP contribution in [0.1, 0.15) is 19.8 Å². The summed E-state index contributed by atoms with van der Waals surface area (Å²) in [5, 5.41) is 9.25. The maximum Gasteiger partial charge on any atom is 0.303 e. The van der Waals surface area contributed by atoms with Gasteiger partial charge in [-0.3, -0.25) is 4.79 Å². The van der Waals surface area contributed by atoms with Gasteiger partial charge in [-0.25, -0.2) is 0 Å². The Morgan fingerprint density at radius 1 is 1.83 bits per heavy atom. The van der Waals surface area contributed by atoms with Crippen LogP contribution in [0.15, 0.2) is 0 Å². The Morgan fingerprint density at radius 2 is 2.50 bits per heavy atom. The van der Waals surface area contributed by atoms with Gasteiger partial charge in [0.1, 0.15) is 0 Å². The lowest BCUT2D eigenvalue weighted by Gasteiger charge is -2.23. The number of carbonyl (C=O) groups is 1. The van der Waals surface area contributed by atoms with Crippen LogP contribution in [0.2, 0.25) is 0 Å². The van der Waals surface area contributed by atoms with Crippen LogP contribution in [0.3, 0.4) is 0 Å². The van der Waals surface area contributed by atoms with E-state index in [1.54, 1.807) is 0 Å². The third-order valence-corrected chi connectivity index (χ3v) is 3.87. The molecule has 2 unspecified atom stereocenters. The van der Waals surface area contributed by atoms with Gasteiger partial charge in [0.25, 0.3) is 0 Å². The maximum absolute atomic E-state index is 10.6. The monoisotopic (exact) mass is 189 g/mol. The maximum atomic E-state index is 10.6. The lowest BCUT2D eigenvalue weighted by Crippen LogP contribution is -2.33. The van der Waals surface area contributed by atoms with Crippen LogP contribution in [0.4, 0.5) is 0 Å². The highest BCUT2D eigenvalue weighted by molar-refractivity contribution is 8.00. The van der Waals surface area contributed by atoms with E-state index in [0.717, 1.165) is 12.2 Å². The van der Waals surface area contributed by atoms with Gasteiger partial charge in [0, 0.05) is 16.4 Å². The summed E-state index contributed by atoms with van der Waals surface area (Å²) < 4.78 is 0. The molecule has 70 valence electrons. The molecule has 1 aliphatic heterocycles. The summed E-state index contributed by atoms with van der Waals surface area (Å²) in [6.45, 7) is 2.63. The molecule has 4 heteroatoms. The fourth-order valence-corrected chi connectivity index (χ4v) is 3.15. The third-order valence-electron chi connectivity index (χ3n) is 2.35. The van der Waals surface area contributed by atoms with Crippen LogP contribution in [0.25, 0.3) is 0 Å². The van der Waals surface area contributed by atoms with Crippen LogP contribution in [0, 0.1) is 5.41 Å². The first kappa shape index (κ1) is 9.86. The van der Waals surface area contributed by atoms with E-state index in [4.69, 9.17) is 10.8 Å². The molecule has 0 amide bonds. The predicted molar refractivity (Wildman–Crippen MR) is 50.3 cm³/mol. The first-order valence-electron chi connectivity index (χ1n) is 4.11. The average molecular weight is 189 g/mol. The molecular formula is C8H15NO2S. The topological polar surface area (TPSA) is 63.3 Å². The fraction of sp³-hybridized carbons (Fsp3) is 0.875. The van der Waals surface area contributed by atoms with Crippen molar-refractivity contribution in [2.45, 2.75) is 25.0 Å². The largest absolute Gasteiger partial charge is 0.481 e. The van der Waals surface area contributed by atoms with Crippen molar-refractivity contribution < 1.29 is 9.90 Å². The summed E-state index contributed by atoms with van der Waals surface area (Å²) in [5.74, 6) is 0.173. The molecule has 1 saturated heterocycles. The molecule has 0 spiro atoms. The predicted octanol–water partition coefficient (Wildman–Crippen LogP) is 0.932. The molecule has 1 aliphatic rings. The Labute approximate surface area is 76.7 Å². The summed E-state index contributed by atoms with van der Waals surface area (Å²) in [6.07, 6.45) is 1.17. The summed E-state index contributed by atoms with van der Waals surface area (Å²) in [5.41, 5.74) is 5.47. The Morgan fingerprint density at radius 3 is 2.83 bits per heavy atom. The Bertz CT molecular complexity index is 186. The molecule has 0 radical (unpaired) electrons. The normalized spacial score (nSPS) is 35.3. The Kier molecular flexibility index (Phi) is 3.01. The molecule has 1 fully saturated rings. The van der Waals surface area contributed by atoms with E-state index < -0.39 is 5.97 Å². The summed E-state index contributed by atoms with van der Waals surface area (Å²) in [6, 6.07) is 0. The van der Waals surface area contributed by atoms with Crippen LogP contribution in [0.5, 0.6) is 0 Å². The molecule has 1 heterocycles. The van der Waals surface area contributed by atoms with Gasteiger partial charge in [-0.2, -0.15) is 11.8 Å². The highest BCUT2D eigenvalue weighted by Crippen LogP contribution is 2.42. The molecule has 0 saturated carbocycles. The first-order valence-corrected chi connectivity index (χ1v) is 5.16. The molecule has 0 aliphatic carbocycles. The first-order chi connectivity index (χ1) is 5.58. The van der Waals surface area contributed by atoms with E-state index >= 15 is 0 Å². The lowest BCUT2D eigenvalue weighted by atomic mass is 9.82. The van der Waals surface area contributed by atoms with Crippen molar-refractivity contribution in [2.24, 2.45) is 11.1 Å².